The molecular formula is C13H13FeNO2+2. The summed E-state index contributed by atoms with van der Waals surface area (Å²) in [5.74, 6) is 0.347. The minimum Gasteiger partial charge on any atom is -0.347 e. The van der Waals surface area contributed by atoms with Crippen molar-refractivity contribution in [3.8, 4) is 0 Å². The maximum absolute atomic E-state index is 10.6. The fraction of sp³-hybridized carbons (Fsp3) is 0.0769. The van der Waals surface area contributed by atoms with Gasteiger partial charge in [-0.1, -0.05) is 0 Å². The van der Waals surface area contributed by atoms with Crippen molar-refractivity contribution in [1.29, 1.82) is 0 Å². The fourth-order valence-electron chi connectivity index (χ4n) is 1.16. The van der Waals surface area contributed by atoms with E-state index in [2.05, 4.69) is 5.32 Å². The van der Waals surface area contributed by atoms with Gasteiger partial charge >= 0.3 is 17.1 Å². The first-order valence-electron chi connectivity index (χ1n) is 4.89. The van der Waals surface area contributed by atoms with Gasteiger partial charge in [-0.2, -0.15) is 0 Å². The summed E-state index contributed by atoms with van der Waals surface area (Å²) in [6.07, 6.45) is 15.8. The maximum Gasteiger partial charge on any atom is 2.00 e. The van der Waals surface area contributed by atoms with Gasteiger partial charge in [0.2, 0.25) is 5.91 Å². The van der Waals surface area contributed by atoms with Crippen LogP contribution in [0.25, 0.3) is 0 Å². The Morgan fingerprint density at radius 1 is 1.06 bits per heavy atom. The van der Waals surface area contributed by atoms with Gasteiger partial charge < -0.3 is 10.1 Å². The van der Waals surface area contributed by atoms with Crippen LogP contribution in [0.5, 0.6) is 0 Å². The average molecular weight is 271 g/mol. The number of carbonyl (C=O) groups excluding carboxylic acids is 2. The second kappa shape index (κ2) is 9.67. The third kappa shape index (κ3) is 6.85. The predicted octanol–water partition coefficient (Wildman–Crippen LogP) is 1.07. The third-order valence-corrected chi connectivity index (χ3v) is 1.84. The Hall–Kier alpha value is -0.341. The third-order valence-electron chi connectivity index (χ3n) is 1.84. The second-order valence-electron chi connectivity index (χ2n) is 3.16. The zero-order valence-corrected chi connectivity index (χ0v) is 10.5. The normalized spacial score (nSPS) is 20.1. The van der Waals surface area contributed by atoms with E-state index in [1.807, 2.05) is 32.1 Å². The van der Waals surface area contributed by atoms with Gasteiger partial charge in [0.15, 0.2) is 0 Å². The van der Waals surface area contributed by atoms with Crippen molar-refractivity contribution in [3.05, 3.63) is 63.3 Å². The monoisotopic (exact) mass is 271 g/mol. The summed E-state index contributed by atoms with van der Waals surface area (Å²) < 4.78 is 0. The number of nitrogens with one attached hydrogen (secondary N) is 1. The van der Waals surface area contributed by atoms with Crippen LogP contribution in [-0.2, 0) is 26.7 Å². The topological polar surface area (TPSA) is 46.2 Å². The van der Waals surface area contributed by atoms with Crippen LogP contribution < -0.4 is 5.32 Å². The molecule has 3 nitrogen and oxygen atoms in total. The molecule has 0 aliphatic heterocycles. The molecule has 0 aromatic rings. The van der Waals surface area contributed by atoms with Gasteiger partial charge in [-0.05, 0) is 51.4 Å². The van der Waals surface area contributed by atoms with Gasteiger partial charge in [0.1, 0.15) is 6.29 Å². The van der Waals surface area contributed by atoms with Crippen LogP contribution >= 0.6 is 0 Å². The first-order valence-corrected chi connectivity index (χ1v) is 4.89. The average Bonchev–Trinajstić information content (AvgIpc) is 2.89. The van der Waals surface area contributed by atoms with Crippen LogP contribution in [0.4, 0.5) is 0 Å². The van der Waals surface area contributed by atoms with E-state index < -0.39 is 0 Å². The Balaban J connectivity index is 0.000000360. The summed E-state index contributed by atoms with van der Waals surface area (Å²) in [6, 6.07) is 0.576. The number of hydrogen-bond acceptors (Lipinski definition) is 2. The molecule has 88 valence electrons. The fourth-order valence-corrected chi connectivity index (χ4v) is 1.16. The molecule has 10 radical (unpaired) electrons. The molecule has 0 aromatic heterocycles. The van der Waals surface area contributed by atoms with Crippen molar-refractivity contribution in [2.45, 2.75) is 6.92 Å². The summed E-state index contributed by atoms with van der Waals surface area (Å²) in [7, 11) is 0. The van der Waals surface area contributed by atoms with E-state index in [0.29, 0.717) is 18.2 Å². The molecule has 0 saturated heterocycles. The number of carbonyl (C=O) groups is 2. The molecule has 2 rings (SSSR count). The zero-order valence-electron chi connectivity index (χ0n) is 9.37. The Morgan fingerprint density at radius 3 is 2.00 bits per heavy atom. The van der Waals surface area contributed by atoms with Gasteiger partial charge in [-0.3, -0.25) is 4.79 Å². The summed E-state index contributed by atoms with van der Waals surface area (Å²) in [5, 5.41) is 2.53. The Kier molecular flexibility index (Phi) is 9.47. The molecule has 0 spiro atoms. The van der Waals surface area contributed by atoms with Crippen molar-refractivity contribution < 1.29 is 26.7 Å². The Bertz CT molecular complexity index is 222. The molecule has 2 aliphatic rings. The summed E-state index contributed by atoms with van der Waals surface area (Å²) in [6.45, 7) is 1.40. The standard InChI is InChI=1S/C8H8NO2.C5H5.Fe/c1-6(11)9-8-4-2-3-7(8)5-10;1-2-4-5-3-1;/h2-5H,1H3,(H,9,11);1-5H;/q;;+2. The van der Waals surface area contributed by atoms with Crippen LogP contribution in [0.15, 0.2) is 0 Å². The van der Waals surface area contributed by atoms with Gasteiger partial charge in [0, 0.05) is 6.92 Å². The molecule has 2 saturated carbocycles. The Labute approximate surface area is 115 Å². The van der Waals surface area contributed by atoms with Crippen LogP contribution in [0.2, 0.25) is 0 Å². The largest absolute Gasteiger partial charge is 2.00 e. The molecule has 0 heterocycles. The molecule has 1 N–H and O–H groups in total. The molecule has 1 amide bonds. The van der Waals surface area contributed by atoms with Gasteiger partial charge in [-0.15, -0.1) is 0 Å². The van der Waals surface area contributed by atoms with Crippen molar-refractivity contribution >= 4 is 12.2 Å². The van der Waals surface area contributed by atoms with Crippen LogP contribution in [0.3, 0.4) is 0 Å². The predicted molar refractivity (Wildman–Crippen MR) is 60.8 cm³/mol. The molecule has 0 aromatic carbocycles. The van der Waals surface area contributed by atoms with E-state index in [0.717, 1.165) is 0 Å². The van der Waals surface area contributed by atoms with E-state index in [1.54, 1.807) is 19.3 Å². The first kappa shape index (κ1) is 16.7. The molecule has 4 heteroatoms. The Morgan fingerprint density at radius 2 is 1.59 bits per heavy atom. The number of aldehydes is 1. The second-order valence-corrected chi connectivity index (χ2v) is 3.16. The van der Waals surface area contributed by atoms with E-state index >= 15 is 0 Å². The van der Waals surface area contributed by atoms with E-state index in [1.165, 1.54) is 6.92 Å². The van der Waals surface area contributed by atoms with Gasteiger partial charge in [0.05, 0.1) is 12.0 Å². The van der Waals surface area contributed by atoms with Crippen molar-refractivity contribution in [2.24, 2.45) is 0 Å². The molecule has 17 heavy (non-hydrogen) atoms. The summed E-state index contributed by atoms with van der Waals surface area (Å²) in [4.78, 5) is 20.9. The first-order chi connectivity index (χ1) is 7.74. The van der Waals surface area contributed by atoms with Crippen molar-refractivity contribution in [1.82, 2.24) is 5.32 Å². The molecular weight excluding hydrogens is 258 g/mol. The van der Waals surface area contributed by atoms with Crippen LogP contribution in [0.1, 0.15) is 6.92 Å². The van der Waals surface area contributed by atoms with E-state index in [-0.39, 0.29) is 23.0 Å². The SMILES string of the molecule is CC(=O)N[C]1[CH][CH][CH][C]1C=O.[CH]1[CH][CH][CH][CH]1.[Fe+2]. The van der Waals surface area contributed by atoms with E-state index in [4.69, 9.17) is 0 Å². The van der Waals surface area contributed by atoms with Gasteiger partial charge in [0.25, 0.3) is 0 Å². The molecule has 2 fully saturated rings. The van der Waals surface area contributed by atoms with Crippen LogP contribution in [-0.4, -0.2) is 12.2 Å². The molecule has 0 atom stereocenters. The molecule has 0 bridgehead atoms. The van der Waals surface area contributed by atoms with Crippen LogP contribution in [0, 0.1) is 63.3 Å². The van der Waals surface area contributed by atoms with Crippen molar-refractivity contribution in [3.63, 3.8) is 0 Å². The minimum atomic E-state index is -0.167. The summed E-state index contributed by atoms with van der Waals surface area (Å²) >= 11 is 0. The molecule has 0 unspecified atom stereocenters. The minimum absolute atomic E-state index is 0. The number of amides is 1. The number of rotatable bonds is 2. The van der Waals surface area contributed by atoms with E-state index in [9.17, 15) is 9.59 Å². The van der Waals surface area contributed by atoms with Crippen molar-refractivity contribution in [2.75, 3.05) is 0 Å². The zero-order chi connectivity index (χ0) is 11.8. The molecule has 2 aliphatic carbocycles. The number of hydrogen-bond donors (Lipinski definition) is 1. The quantitative estimate of drug-likeness (QED) is 0.603. The maximum atomic E-state index is 10.6. The smallest absolute Gasteiger partial charge is 0.347 e. The van der Waals surface area contributed by atoms with Gasteiger partial charge in [-0.25, -0.2) is 0 Å². The summed E-state index contributed by atoms with van der Waals surface area (Å²) in [5.41, 5.74) is 0.